The van der Waals surface area contributed by atoms with Crippen molar-refractivity contribution in [2.24, 2.45) is 4.99 Å². The topological polar surface area (TPSA) is 53.9 Å². The Balaban J connectivity index is 2.02. The van der Waals surface area contributed by atoms with Gasteiger partial charge in [-0.15, -0.1) is 0 Å². The summed E-state index contributed by atoms with van der Waals surface area (Å²) in [6.07, 6.45) is 1.56. The zero-order valence-corrected chi connectivity index (χ0v) is 16.5. The van der Waals surface area contributed by atoms with Crippen LogP contribution < -0.4 is 15.9 Å². The van der Waals surface area contributed by atoms with Crippen LogP contribution in [0.15, 0.2) is 65.7 Å². The van der Waals surface area contributed by atoms with Crippen molar-refractivity contribution in [1.29, 1.82) is 0 Å². The maximum atomic E-state index is 12.5. The molecule has 2 aromatic rings. The number of amides is 2. The average molecular weight is 368 g/mol. The highest BCUT2D eigenvalue weighted by Gasteiger charge is 2.51. The number of nitrogens with zero attached hydrogens (tertiary/aromatic N) is 2. The van der Waals surface area contributed by atoms with E-state index in [9.17, 15) is 4.79 Å². The first-order chi connectivity index (χ1) is 12.4. The maximum Gasteiger partial charge on any atom is 0.345 e. The third-order valence-electron chi connectivity index (χ3n) is 4.66. The number of hydroxylamine groups is 1. The largest absolute Gasteiger partial charge is 0.345 e. The number of hydrogen-bond donors (Lipinski definition) is 1. The van der Waals surface area contributed by atoms with Crippen LogP contribution in [-0.4, -0.2) is 38.7 Å². The number of rotatable bonds is 4. The van der Waals surface area contributed by atoms with Crippen LogP contribution in [0.2, 0.25) is 5.04 Å². The van der Waals surface area contributed by atoms with E-state index in [1.807, 2.05) is 36.4 Å². The van der Waals surface area contributed by atoms with Crippen molar-refractivity contribution in [3.8, 4) is 0 Å². The smallest absolute Gasteiger partial charge is 0.306 e. The lowest BCUT2D eigenvalue weighted by Crippen LogP contribution is -2.69. The highest BCUT2D eigenvalue weighted by atomic mass is 28.4. The lowest BCUT2D eigenvalue weighted by molar-refractivity contribution is 0.156. The second kappa shape index (κ2) is 7.43. The lowest BCUT2D eigenvalue weighted by Gasteiger charge is -2.42. The summed E-state index contributed by atoms with van der Waals surface area (Å²) < 4.78 is 6.38. The number of hydrogen-bond acceptors (Lipinski definition) is 3. The summed E-state index contributed by atoms with van der Waals surface area (Å²) in [7, 11) is -2.77. The molecule has 0 atom stereocenters. The molecule has 1 heterocycles. The van der Waals surface area contributed by atoms with E-state index >= 15 is 0 Å². The van der Waals surface area contributed by atoms with E-state index in [2.05, 4.69) is 55.5 Å². The standard InChI is InChI=1S/C20H25N3O2Si/c1-20(2,3)26(17-10-6-4-7-11-17,18-12-8-5-9-13-18)25-22-19(24)23-15-14-21-16-23/h4-13,16H,14-15H2,1-3H3,(H,22,24). The van der Waals surface area contributed by atoms with Crippen LogP contribution >= 0.6 is 0 Å². The van der Waals surface area contributed by atoms with Crippen molar-refractivity contribution in [2.75, 3.05) is 13.1 Å². The van der Waals surface area contributed by atoms with Crippen LogP contribution in [0.1, 0.15) is 20.8 Å². The molecule has 0 saturated carbocycles. The van der Waals surface area contributed by atoms with Crippen molar-refractivity contribution < 1.29 is 9.32 Å². The normalized spacial score (nSPS) is 14.5. The second-order valence-electron chi connectivity index (χ2n) is 7.39. The van der Waals surface area contributed by atoms with Gasteiger partial charge in [0.2, 0.25) is 0 Å². The fourth-order valence-electron chi connectivity index (χ4n) is 3.36. The van der Waals surface area contributed by atoms with Gasteiger partial charge < -0.3 is 4.53 Å². The van der Waals surface area contributed by atoms with Crippen molar-refractivity contribution in [1.82, 2.24) is 10.4 Å². The Kier molecular flexibility index (Phi) is 5.25. The molecule has 0 aromatic heterocycles. The van der Waals surface area contributed by atoms with Gasteiger partial charge in [-0.05, 0) is 15.4 Å². The number of nitrogens with one attached hydrogen (secondary N) is 1. The third-order valence-corrected chi connectivity index (χ3v) is 9.47. The van der Waals surface area contributed by atoms with Gasteiger partial charge in [0.15, 0.2) is 0 Å². The third kappa shape index (κ3) is 3.43. The van der Waals surface area contributed by atoms with Crippen molar-refractivity contribution in [3.63, 3.8) is 0 Å². The van der Waals surface area contributed by atoms with Gasteiger partial charge in [-0.1, -0.05) is 81.4 Å². The molecule has 0 unspecified atom stereocenters. The first-order valence-corrected chi connectivity index (χ1v) is 10.7. The second-order valence-corrected chi connectivity index (χ2v) is 11.6. The van der Waals surface area contributed by atoms with Gasteiger partial charge in [0.1, 0.15) is 0 Å². The van der Waals surface area contributed by atoms with Crippen molar-refractivity contribution >= 4 is 31.1 Å². The molecule has 0 radical (unpaired) electrons. The zero-order valence-electron chi connectivity index (χ0n) is 15.5. The van der Waals surface area contributed by atoms with Crippen LogP contribution in [0.3, 0.4) is 0 Å². The van der Waals surface area contributed by atoms with E-state index in [1.165, 1.54) is 4.90 Å². The average Bonchev–Trinajstić information content (AvgIpc) is 3.17. The summed E-state index contributed by atoms with van der Waals surface area (Å²) in [6, 6.07) is 20.1. The first-order valence-electron chi connectivity index (χ1n) is 8.81. The van der Waals surface area contributed by atoms with Crippen LogP contribution in [0.4, 0.5) is 4.79 Å². The predicted octanol–water partition coefficient (Wildman–Crippen LogP) is 2.53. The summed E-state index contributed by atoms with van der Waals surface area (Å²) in [4.78, 5) is 18.1. The van der Waals surface area contributed by atoms with E-state index in [0.29, 0.717) is 13.1 Å². The Morgan fingerprint density at radius 1 is 1.04 bits per heavy atom. The number of carbonyl (C=O) groups excluding carboxylic acids is 1. The molecular weight excluding hydrogens is 342 g/mol. The highest BCUT2D eigenvalue weighted by molar-refractivity contribution is 6.99. The van der Waals surface area contributed by atoms with E-state index in [4.69, 9.17) is 4.53 Å². The molecule has 136 valence electrons. The van der Waals surface area contributed by atoms with Gasteiger partial charge in [-0.25, -0.2) is 10.3 Å². The summed E-state index contributed by atoms with van der Waals surface area (Å²) in [5.74, 6) is 0. The van der Waals surface area contributed by atoms with Gasteiger partial charge in [0.05, 0.1) is 12.9 Å². The Hall–Kier alpha value is -2.44. The van der Waals surface area contributed by atoms with Crippen molar-refractivity contribution in [3.05, 3.63) is 60.7 Å². The van der Waals surface area contributed by atoms with E-state index < -0.39 is 8.32 Å². The van der Waals surface area contributed by atoms with E-state index in [1.54, 1.807) is 6.34 Å². The number of benzene rings is 2. The predicted molar refractivity (Wildman–Crippen MR) is 107 cm³/mol. The van der Waals surface area contributed by atoms with E-state index in [-0.39, 0.29) is 11.1 Å². The Bertz CT molecular complexity index is 733. The molecule has 2 amide bonds. The first kappa shape index (κ1) is 18.4. The quantitative estimate of drug-likeness (QED) is 0.667. The van der Waals surface area contributed by atoms with Gasteiger partial charge in [0.25, 0.3) is 8.32 Å². The van der Waals surface area contributed by atoms with Gasteiger partial charge in [-0.3, -0.25) is 9.89 Å². The SMILES string of the molecule is CC(C)(C)[Si](ONC(=O)N1C=NCC1)(c1ccccc1)c1ccccc1. The lowest BCUT2D eigenvalue weighted by atomic mass is 10.2. The Morgan fingerprint density at radius 2 is 1.58 bits per heavy atom. The fraction of sp³-hybridized carbons (Fsp3) is 0.300. The van der Waals surface area contributed by atoms with Crippen LogP contribution in [0.25, 0.3) is 0 Å². The van der Waals surface area contributed by atoms with Gasteiger partial charge in [-0.2, -0.15) is 0 Å². The summed E-state index contributed by atoms with van der Waals surface area (Å²) in [6.45, 7) is 7.72. The minimum atomic E-state index is -2.77. The molecule has 1 aliphatic rings. The molecule has 3 rings (SSSR count). The molecule has 0 fully saturated rings. The minimum absolute atomic E-state index is 0.192. The summed E-state index contributed by atoms with van der Waals surface area (Å²) in [5.41, 5.74) is 2.73. The molecule has 26 heavy (non-hydrogen) atoms. The fourth-order valence-corrected chi connectivity index (χ4v) is 7.53. The van der Waals surface area contributed by atoms with Crippen molar-refractivity contribution in [2.45, 2.75) is 25.8 Å². The summed E-state index contributed by atoms with van der Waals surface area (Å²) in [5, 5.41) is 2.05. The maximum absolute atomic E-state index is 12.5. The van der Waals surface area contributed by atoms with Gasteiger partial charge >= 0.3 is 6.03 Å². The van der Waals surface area contributed by atoms with Crippen LogP contribution in [-0.2, 0) is 4.53 Å². The van der Waals surface area contributed by atoms with E-state index in [0.717, 1.165) is 10.4 Å². The zero-order chi connectivity index (χ0) is 18.6. The number of aliphatic imine (C=N–C) groups is 1. The van der Waals surface area contributed by atoms with Gasteiger partial charge in [0, 0.05) is 6.54 Å². The highest BCUT2D eigenvalue weighted by Crippen LogP contribution is 2.36. The number of urea groups is 1. The Labute approximate surface area is 155 Å². The van der Waals surface area contributed by atoms with Crippen LogP contribution in [0, 0.1) is 0 Å². The monoisotopic (exact) mass is 367 g/mol. The molecule has 0 saturated heterocycles. The number of carbonyl (C=O) groups is 1. The molecule has 0 spiro atoms. The molecule has 1 N–H and O–H groups in total. The molecule has 0 aliphatic carbocycles. The molecule has 2 aromatic carbocycles. The summed E-state index contributed by atoms with van der Waals surface area (Å²) >= 11 is 0. The van der Waals surface area contributed by atoms with Crippen LogP contribution in [0.5, 0.6) is 0 Å². The molecule has 0 bridgehead atoms. The minimum Gasteiger partial charge on any atom is -0.306 e. The molecule has 5 nitrogen and oxygen atoms in total. The Morgan fingerprint density at radius 3 is 2.00 bits per heavy atom. The molecular formula is C20H25N3O2Si. The molecule has 1 aliphatic heterocycles. The molecule has 6 heteroatoms.